The zero-order valence-electron chi connectivity index (χ0n) is 11.6. The monoisotopic (exact) mass is 275 g/mol. The number of piperidine rings is 1. The van der Waals surface area contributed by atoms with E-state index in [1.807, 2.05) is 13.8 Å². The van der Waals surface area contributed by atoms with Crippen LogP contribution in [0.25, 0.3) is 0 Å². The van der Waals surface area contributed by atoms with Crippen molar-refractivity contribution in [3.8, 4) is 0 Å². The largest absolute Gasteiger partial charge is 0.312 e. The number of nitrogens with one attached hydrogen (secondary N) is 2. The zero-order chi connectivity index (χ0) is 13.4. The standard InChI is InChI=1S/C12H25N3O2S/c1-12(2,14-18(3,16)17)9-13-11-5-7-15-6-4-10(11)8-15/h10-11,13-14H,4-9H2,1-3H3. The van der Waals surface area contributed by atoms with Crippen molar-refractivity contribution in [1.82, 2.24) is 14.9 Å². The highest BCUT2D eigenvalue weighted by Gasteiger charge is 2.35. The molecule has 2 bridgehead atoms. The fraction of sp³-hybridized carbons (Fsp3) is 1.00. The summed E-state index contributed by atoms with van der Waals surface area (Å²) in [5.74, 6) is 0.743. The maximum absolute atomic E-state index is 11.3. The molecule has 2 N–H and O–H groups in total. The molecule has 2 aliphatic heterocycles. The Balaban J connectivity index is 1.83. The first-order valence-electron chi connectivity index (χ1n) is 6.70. The van der Waals surface area contributed by atoms with Crippen molar-refractivity contribution in [3.05, 3.63) is 0 Å². The quantitative estimate of drug-likeness (QED) is 0.741. The van der Waals surface area contributed by atoms with E-state index < -0.39 is 15.6 Å². The van der Waals surface area contributed by atoms with Crippen LogP contribution in [0, 0.1) is 5.92 Å². The lowest BCUT2D eigenvalue weighted by atomic mass is 9.93. The molecule has 6 heteroatoms. The minimum Gasteiger partial charge on any atom is -0.312 e. The Morgan fingerprint density at radius 3 is 2.61 bits per heavy atom. The van der Waals surface area contributed by atoms with Crippen LogP contribution in [0.5, 0.6) is 0 Å². The Hall–Kier alpha value is -0.170. The molecule has 0 aliphatic carbocycles. The predicted octanol–water partition coefficient (Wildman–Crippen LogP) is -0.00200. The predicted molar refractivity (Wildman–Crippen MR) is 73.0 cm³/mol. The molecule has 0 aromatic rings. The second-order valence-electron chi connectivity index (χ2n) is 6.38. The fourth-order valence-corrected chi connectivity index (χ4v) is 4.22. The van der Waals surface area contributed by atoms with Gasteiger partial charge in [-0.05, 0) is 45.7 Å². The molecule has 3 atom stereocenters. The Morgan fingerprint density at radius 2 is 1.94 bits per heavy atom. The lowest BCUT2D eigenvalue weighted by Crippen LogP contribution is -2.54. The van der Waals surface area contributed by atoms with Crippen LogP contribution in [0.3, 0.4) is 0 Å². The summed E-state index contributed by atoms with van der Waals surface area (Å²) in [6.07, 6.45) is 3.67. The summed E-state index contributed by atoms with van der Waals surface area (Å²) >= 11 is 0. The molecular formula is C12H25N3O2S. The summed E-state index contributed by atoms with van der Waals surface area (Å²) in [6.45, 7) is 8.14. The van der Waals surface area contributed by atoms with Crippen LogP contribution >= 0.6 is 0 Å². The fourth-order valence-electron chi connectivity index (χ4n) is 3.14. The van der Waals surface area contributed by atoms with Crippen LogP contribution in [0.2, 0.25) is 0 Å². The maximum Gasteiger partial charge on any atom is 0.209 e. The van der Waals surface area contributed by atoms with Gasteiger partial charge in [0.1, 0.15) is 0 Å². The molecule has 2 saturated heterocycles. The third kappa shape index (κ3) is 3.91. The summed E-state index contributed by atoms with van der Waals surface area (Å²) in [5.41, 5.74) is -0.427. The van der Waals surface area contributed by atoms with Gasteiger partial charge in [-0.25, -0.2) is 13.1 Å². The number of fused-ring (bicyclic) bond motifs is 2. The van der Waals surface area contributed by atoms with E-state index in [4.69, 9.17) is 0 Å². The summed E-state index contributed by atoms with van der Waals surface area (Å²) in [5, 5.41) is 3.56. The summed E-state index contributed by atoms with van der Waals surface area (Å²) < 4.78 is 25.2. The van der Waals surface area contributed by atoms with E-state index in [1.54, 1.807) is 0 Å². The van der Waals surface area contributed by atoms with E-state index in [0.29, 0.717) is 12.6 Å². The van der Waals surface area contributed by atoms with Gasteiger partial charge in [0.05, 0.1) is 6.26 Å². The highest BCUT2D eigenvalue weighted by Crippen LogP contribution is 2.27. The molecular weight excluding hydrogens is 250 g/mol. The molecule has 106 valence electrons. The Morgan fingerprint density at radius 1 is 1.28 bits per heavy atom. The second kappa shape index (κ2) is 5.07. The van der Waals surface area contributed by atoms with Crippen molar-refractivity contribution in [2.45, 2.75) is 38.3 Å². The van der Waals surface area contributed by atoms with Crippen molar-refractivity contribution >= 4 is 10.0 Å². The first kappa shape index (κ1) is 14.2. The first-order valence-corrected chi connectivity index (χ1v) is 8.59. The molecule has 0 spiro atoms. The van der Waals surface area contributed by atoms with Crippen molar-refractivity contribution in [1.29, 1.82) is 0 Å². The first-order chi connectivity index (χ1) is 8.25. The third-order valence-electron chi connectivity index (χ3n) is 3.90. The van der Waals surface area contributed by atoms with Gasteiger partial charge in [-0.1, -0.05) is 0 Å². The molecule has 0 amide bonds. The van der Waals surface area contributed by atoms with Crippen LogP contribution in [0.4, 0.5) is 0 Å². The third-order valence-corrected chi connectivity index (χ3v) is 4.83. The minimum atomic E-state index is -3.14. The van der Waals surface area contributed by atoms with Crippen LogP contribution in [0.1, 0.15) is 26.7 Å². The molecule has 2 fully saturated rings. The number of nitrogens with zero attached hydrogens (tertiary/aromatic N) is 1. The van der Waals surface area contributed by atoms with Gasteiger partial charge in [0.2, 0.25) is 10.0 Å². The average Bonchev–Trinajstić information content (AvgIpc) is 2.56. The molecule has 0 aromatic carbocycles. The Labute approximate surface area is 110 Å². The molecule has 18 heavy (non-hydrogen) atoms. The van der Waals surface area contributed by atoms with Gasteiger partial charge in [0.25, 0.3) is 0 Å². The van der Waals surface area contributed by atoms with Crippen molar-refractivity contribution in [2.75, 3.05) is 32.4 Å². The van der Waals surface area contributed by atoms with Gasteiger partial charge in [-0.3, -0.25) is 0 Å². The highest BCUT2D eigenvalue weighted by atomic mass is 32.2. The van der Waals surface area contributed by atoms with E-state index in [-0.39, 0.29) is 0 Å². The molecule has 2 aliphatic rings. The van der Waals surface area contributed by atoms with Gasteiger partial charge in [0.15, 0.2) is 0 Å². The van der Waals surface area contributed by atoms with E-state index in [9.17, 15) is 8.42 Å². The van der Waals surface area contributed by atoms with Gasteiger partial charge < -0.3 is 10.2 Å². The van der Waals surface area contributed by atoms with Crippen molar-refractivity contribution < 1.29 is 8.42 Å². The molecule has 5 nitrogen and oxygen atoms in total. The number of hydrogen-bond acceptors (Lipinski definition) is 4. The SMILES string of the molecule is CC(C)(CNC1CCN2CCC1C2)NS(C)(=O)=O. The molecule has 2 rings (SSSR count). The van der Waals surface area contributed by atoms with E-state index in [1.165, 1.54) is 38.7 Å². The topological polar surface area (TPSA) is 61.4 Å². The lowest BCUT2D eigenvalue weighted by molar-refractivity contribution is 0.213. The Bertz CT molecular complexity index is 394. The number of sulfonamides is 1. The van der Waals surface area contributed by atoms with E-state index in [0.717, 1.165) is 5.92 Å². The Kier molecular flexibility index (Phi) is 4.02. The molecule has 2 heterocycles. The average molecular weight is 275 g/mol. The van der Waals surface area contributed by atoms with Crippen LogP contribution < -0.4 is 10.0 Å². The maximum atomic E-state index is 11.3. The van der Waals surface area contributed by atoms with Crippen LogP contribution in [-0.2, 0) is 10.0 Å². The van der Waals surface area contributed by atoms with E-state index in [2.05, 4.69) is 14.9 Å². The molecule has 3 unspecified atom stereocenters. The normalized spacial score (nSPS) is 32.7. The minimum absolute atomic E-state index is 0.427. The van der Waals surface area contributed by atoms with Gasteiger partial charge in [-0.2, -0.15) is 0 Å². The van der Waals surface area contributed by atoms with Gasteiger partial charge in [-0.15, -0.1) is 0 Å². The number of rotatable bonds is 5. The molecule has 0 aromatic heterocycles. The molecule has 0 saturated carbocycles. The summed E-state index contributed by atoms with van der Waals surface area (Å²) in [7, 11) is -3.14. The summed E-state index contributed by atoms with van der Waals surface area (Å²) in [4.78, 5) is 2.52. The smallest absolute Gasteiger partial charge is 0.209 e. The van der Waals surface area contributed by atoms with Crippen LogP contribution in [-0.4, -0.2) is 57.3 Å². The summed E-state index contributed by atoms with van der Waals surface area (Å²) in [6, 6.07) is 0.546. The van der Waals surface area contributed by atoms with Gasteiger partial charge in [0, 0.05) is 24.7 Å². The number of hydrogen-bond donors (Lipinski definition) is 2. The lowest BCUT2D eigenvalue weighted by Gasteiger charge is -2.34. The molecule has 0 radical (unpaired) electrons. The van der Waals surface area contributed by atoms with Crippen molar-refractivity contribution in [2.24, 2.45) is 5.92 Å². The highest BCUT2D eigenvalue weighted by molar-refractivity contribution is 7.88. The van der Waals surface area contributed by atoms with Crippen LogP contribution in [0.15, 0.2) is 0 Å². The van der Waals surface area contributed by atoms with Crippen molar-refractivity contribution in [3.63, 3.8) is 0 Å². The van der Waals surface area contributed by atoms with E-state index >= 15 is 0 Å². The second-order valence-corrected chi connectivity index (χ2v) is 8.13. The van der Waals surface area contributed by atoms with Gasteiger partial charge >= 0.3 is 0 Å². The zero-order valence-corrected chi connectivity index (χ0v) is 12.4.